The maximum atomic E-state index is 13.0. The maximum Gasteiger partial charge on any atom is 0.338 e. The summed E-state index contributed by atoms with van der Waals surface area (Å²) in [4.78, 5) is 38.6. The second-order valence-electron chi connectivity index (χ2n) is 7.32. The summed E-state index contributed by atoms with van der Waals surface area (Å²) in [7, 11) is 1.32. The largest absolute Gasteiger partial charge is 0.465 e. The Morgan fingerprint density at radius 3 is 1.88 bits per heavy atom. The molecule has 7 nitrogen and oxygen atoms in total. The number of fused-ring (bicyclic) bond motifs is 1. The molecule has 0 aromatic heterocycles. The highest BCUT2D eigenvalue weighted by Crippen LogP contribution is 2.46. The summed E-state index contributed by atoms with van der Waals surface area (Å²) >= 11 is 0. The average molecular weight is 437 g/mol. The molecule has 0 amide bonds. The molecule has 0 unspecified atom stereocenters. The molecule has 0 fully saturated rings. The minimum atomic E-state index is -0.780. The Labute approximate surface area is 187 Å². The van der Waals surface area contributed by atoms with Gasteiger partial charge in [-0.2, -0.15) is 0 Å². The predicted molar refractivity (Wildman–Crippen MR) is 119 cm³/mol. The van der Waals surface area contributed by atoms with Crippen molar-refractivity contribution < 1.29 is 28.6 Å². The summed E-state index contributed by atoms with van der Waals surface area (Å²) < 4.78 is 15.6. The minimum Gasteiger partial charge on any atom is -0.465 e. The van der Waals surface area contributed by atoms with Crippen molar-refractivity contribution in [3.05, 3.63) is 70.1 Å². The molecule has 1 heterocycles. The predicted octanol–water partition coefficient (Wildman–Crippen LogP) is 3.94. The normalized spacial score (nSPS) is 14.3. The van der Waals surface area contributed by atoms with Gasteiger partial charge in [-0.25, -0.2) is 14.4 Å². The zero-order valence-corrected chi connectivity index (χ0v) is 18.9. The van der Waals surface area contributed by atoms with E-state index >= 15 is 0 Å². The van der Waals surface area contributed by atoms with Crippen LogP contribution in [0, 0.1) is 0 Å². The Hall–Kier alpha value is -3.61. The maximum absolute atomic E-state index is 13.0. The van der Waals surface area contributed by atoms with Crippen molar-refractivity contribution in [2.24, 2.45) is 0 Å². The number of carbonyl (C=O) groups excluding carboxylic acids is 3. The second-order valence-corrected chi connectivity index (χ2v) is 7.32. The van der Waals surface area contributed by atoms with Crippen LogP contribution in [-0.4, -0.2) is 38.2 Å². The summed E-state index contributed by atoms with van der Waals surface area (Å²) in [6, 6.07) is 10.9. The van der Waals surface area contributed by atoms with E-state index in [0.29, 0.717) is 39.2 Å². The Bertz CT molecular complexity index is 1060. The summed E-state index contributed by atoms with van der Waals surface area (Å²) in [5, 5.41) is 3.12. The van der Waals surface area contributed by atoms with Gasteiger partial charge in [-0.15, -0.1) is 0 Å². The van der Waals surface area contributed by atoms with Gasteiger partial charge >= 0.3 is 17.9 Å². The van der Waals surface area contributed by atoms with Crippen LogP contribution in [0.2, 0.25) is 0 Å². The molecular weight excluding hydrogens is 410 g/mol. The Kier molecular flexibility index (Phi) is 6.98. The number of rotatable bonds is 6. The molecule has 3 rings (SSSR count). The van der Waals surface area contributed by atoms with Crippen LogP contribution in [0.15, 0.2) is 58.9 Å². The number of dihydropyridines is 1. The number of hydrogen-bond donors (Lipinski definition) is 1. The van der Waals surface area contributed by atoms with Crippen molar-refractivity contribution >= 4 is 17.9 Å². The first-order valence-corrected chi connectivity index (χ1v) is 10.5. The van der Waals surface area contributed by atoms with Crippen LogP contribution in [0.1, 0.15) is 49.5 Å². The van der Waals surface area contributed by atoms with Crippen molar-refractivity contribution in [3.63, 3.8) is 0 Å². The molecule has 2 aliphatic carbocycles. The van der Waals surface area contributed by atoms with E-state index < -0.39 is 23.8 Å². The van der Waals surface area contributed by atoms with Gasteiger partial charge in [0.2, 0.25) is 0 Å². The number of esters is 3. The van der Waals surface area contributed by atoms with Crippen LogP contribution in [-0.2, 0) is 23.8 Å². The molecule has 168 valence electrons. The first-order valence-electron chi connectivity index (χ1n) is 10.5. The fourth-order valence-electron chi connectivity index (χ4n) is 4.13. The molecule has 32 heavy (non-hydrogen) atoms. The van der Waals surface area contributed by atoms with Gasteiger partial charge in [-0.1, -0.05) is 30.3 Å². The van der Waals surface area contributed by atoms with Crippen LogP contribution in [0.25, 0.3) is 11.1 Å². The summed E-state index contributed by atoms with van der Waals surface area (Å²) in [5.41, 5.74) is 4.13. The molecule has 0 aromatic carbocycles. The highest BCUT2D eigenvalue weighted by molar-refractivity contribution is 6.04. The highest BCUT2D eigenvalue weighted by atomic mass is 16.5. The van der Waals surface area contributed by atoms with Crippen molar-refractivity contribution in [3.8, 4) is 11.1 Å². The third kappa shape index (κ3) is 4.10. The van der Waals surface area contributed by atoms with Gasteiger partial charge in [-0.05, 0) is 50.5 Å². The molecule has 3 aliphatic rings. The lowest BCUT2D eigenvalue weighted by atomic mass is 9.79. The van der Waals surface area contributed by atoms with E-state index in [9.17, 15) is 14.4 Å². The fraction of sp³-hybridized carbons (Fsp3) is 0.320. The monoisotopic (exact) mass is 437 g/mol. The third-order valence-corrected chi connectivity index (χ3v) is 5.41. The van der Waals surface area contributed by atoms with Crippen molar-refractivity contribution in [2.75, 3.05) is 20.3 Å². The van der Waals surface area contributed by atoms with Crippen molar-refractivity contribution in [1.29, 1.82) is 0 Å². The van der Waals surface area contributed by atoms with Crippen molar-refractivity contribution in [1.82, 2.24) is 5.32 Å². The zero-order valence-electron chi connectivity index (χ0n) is 18.9. The lowest BCUT2D eigenvalue weighted by Crippen LogP contribution is -2.32. The first-order chi connectivity index (χ1) is 15.3. The second kappa shape index (κ2) is 9.68. The molecule has 0 radical (unpaired) electrons. The average Bonchev–Trinajstić information content (AvgIpc) is 2.93. The Morgan fingerprint density at radius 2 is 1.38 bits per heavy atom. The highest BCUT2D eigenvalue weighted by Gasteiger charge is 2.40. The molecule has 1 aliphatic heterocycles. The van der Waals surface area contributed by atoms with Gasteiger partial charge in [0, 0.05) is 11.4 Å². The number of ether oxygens (including phenoxy) is 3. The van der Waals surface area contributed by atoms with Crippen molar-refractivity contribution in [2.45, 2.75) is 33.6 Å². The first kappa shape index (κ1) is 23.1. The van der Waals surface area contributed by atoms with E-state index in [2.05, 4.69) is 5.32 Å². The van der Waals surface area contributed by atoms with E-state index in [1.54, 1.807) is 33.8 Å². The molecule has 7 heteroatoms. The Balaban J connectivity index is 2.34. The van der Waals surface area contributed by atoms with Gasteiger partial charge in [0.15, 0.2) is 0 Å². The van der Waals surface area contributed by atoms with Gasteiger partial charge in [0.1, 0.15) is 0 Å². The smallest absolute Gasteiger partial charge is 0.338 e. The van der Waals surface area contributed by atoms with E-state index in [0.717, 1.165) is 5.56 Å². The Morgan fingerprint density at radius 1 is 0.844 bits per heavy atom. The number of methoxy groups -OCH3 is 1. The van der Waals surface area contributed by atoms with Crippen LogP contribution < -0.4 is 5.32 Å². The molecular formula is C25H27NO6. The molecule has 0 aromatic rings. The van der Waals surface area contributed by atoms with E-state index in [4.69, 9.17) is 14.2 Å². The van der Waals surface area contributed by atoms with Crippen LogP contribution >= 0.6 is 0 Å². The standard InChI is InChI=1S/C25H27NO6/c1-6-31-24(28)20-14(3)26-15(4)21(25(29)32-7-2)22(20)18-13-19(23(27)30-5)17-12-10-8-9-11-16(17)18/h8-13,22,26H,6-7H2,1-5H3. The molecule has 0 saturated heterocycles. The number of carbonyl (C=O) groups is 3. The molecule has 0 spiro atoms. The van der Waals surface area contributed by atoms with Crippen LogP contribution in [0.3, 0.4) is 0 Å². The van der Waals surface area contributed by atoms with Gasteiger partial charge in [0.05, 0.1) is 43.0 Å². The quantitative estimate of drug-likeness (QED) is 0.541. The molecule has 1 N–H and O–H groups in total. The van der Waals surface area contributed by atoms with Gasteiger partial charge in [0.25, 0.3) is 0 Å². The van der Waals surface area contributed by atoms with E-state index in [1.165, 1.54) is 7.11 Å². The van der Waals surface area contributed by atoms with E-state index in [-0.39, 0.29) is 13.2 Å². The minimum absolute atomic E-state index is 0.184. The zero-order chi connectivity index (χ0) is 23.4. The molecule has 0 saturated carbocycles. The van der Waals surface area contributed by atoms with Crippen LogP contribution in [0.4, 0.5) is 0 Å². The topological polar surface area (TPSA) is 90.9 Å². The summed E-state index contributed by atoms with van der Waals surface area (Å²) in [5.74, 6) is -2.35. The molecule has 0 atom stereocenters. The lowest BCUT2D eigenvalue weighted by molar-refractivity contribution is -0.139. The SMILES string of the molecule is CCOC(=O)C1=C(C)NC(C)=C(C(=O)OCC)C1c1cc(C(=O)OC)c2cccccc1-2. The molecule has 0 bridgehead atoms. The fourth-order valence-corrected chi connectivity index (χ4v) is 4.13. The van der Waals surface area contributed by atoms with Gasteiger partial charge < -0.3 is 19.5 Å². The lowest BCUT2D eigenvalue weighted by Gasteiger charge is -2.30. The summed E-state index contributed by atoms with van der Waals surface area (Å²) in [6.45, 7) is 7.33. The number of allylic oxidation sites excluding steroid dienone is 2. The summed E-state index contributed by atoms with van der Waals surface area (Å²) in [6.07, 6.45) is 0. The van der Waals surface area contributed by atoms with Gasteiger partial charge in [-0.3, -0.25) is 0 Å². The van der Waals surface area contributed by atoms with Crippen LogP contribution in [0.5, 0.6) is 0 Å². The van der Waals surface area contributed by atoms with E-state index in [1.807, 2.05) is 30.3 Å². The number of hydrogen-bond acceptors (Lipinski definition) is 7. The third-order valence-electron chi connectivity index (χ3n) is 5.41. The number of nitrogens with one attached hydrogen (secondary N) is 1.